The molecule has 2 aromatic carbocycles. The average molecular weight is 356 g/mol. The van der Waals surface area contributed by atoms with Gasteiger partial charge in [-0.1, -0.05) is 63.2 Å². The highest BCUT2D eigenvalue weighted by atomic mass is 15.5. The van der Waals surface area contributed by atoms with Crippen LogP contribution in [-0.2, 0) is 5.41 Å². The van der Waals surface area contributed by atoms with Crippen LogP contribution >= 0.6 is 0 Å². The summed E-state index contributed by atoms with van der Waals surface area (Å²) in [4.78, 5) is 9.19. The molecule has 0 atom stereocenters. The molecule has 1 aliphatic rings. The van der Waals surface area contributed by atoms with Gasteiger partial charge in [-0.25, -0.2) is 0 Å². The second-order valence-electron chi connectivity index (χ2n) is 7.65. The summed E-state index contributed by atoms with van der Waals surface area (Å²) in [5.74, 6) is 0. The van der Waals surface area contributed by atoms with Gasteiger partial charge in [-0.05, 0) is 12.1 Å². The topological polar surface area (TPSA) is 53.5 Å². The lowest BCUT2D eigenvalue weighted by Crippen LogP contribution is -2.13. The van der Waals surface area contributed by atoms with Crippen LogP contribution < -0.4 is 0 Å². The highest BCUT2D eigenvalue weighted by molar-refractivity contribution is 6.01. The molecule has 134 valence electrons. The molecule has 0 amide bonds. The number of nitrogens with zero attached hydrogens (tertiary/aromatic N) is 5. The molecule has 2 heterocycles. The fraction of sp³-hybridized carbons (Fsp3) is 0.227. The zero-order valence-corrected chi connectivity index (χ0v) is 15.8. The molecule has 0 fully saturated rings. The Morgan fingerprint density at radius 2 is 1.63 bits per heavy atom. The van der Waals surface area contributed by atoms with E-state index in [1.54, 1.807) is 0 Å². The summed E-state index contributed by atoms with van der Waals surface area (Å²) in [6, 6.07) is 18.3. The third kappa shape index (κ3) is 3.67. The molecule has 1 aliphatic heterocycles. The summed E-state index contributed by atoms with van der Waals surface area (Å²) in [5, 5.41) is 8.67. The van der Waals surface area contributed by atoms with Crippen molar-refractivity contribution in [2.75, 3.05) is 6.54 Å². The molecule has 0 N–H and O–H groups in total. The van der Waals surface area contributed by atoms with Crippen LogP contribution in [0.2, 0.25) is 0 Å². The van der Waals surface area contributed by atoms with Crippen molar-refractivity contribution in [2.24, 2.45) is 10.3 Å². The summed E-state index contributed by atoms with van der Waals surface area (Å²) in [7, 11) is 0. The molecule has 4 rings (SSSR count). The Morgan fingerprint density at radius 3 is 2.33 bits per heavy atom. The first kappa shape index (κ1) is 17.2. The molecule has 0 unspecified atom stereocenters. The summed E-state index contributed by atoms with van der Waals surface area (Å²) < 4.78 is 1.91. The lowest BCUT2D eigenvalue weighted by Gasteiger charge is -2.16. The lowest BCUT2D eigenvalue weighted by atomic mass is 9.93. The van der Waals surface area contributed by atoms with Crippen molar-refractivity contribution in [3.05, 3.63) is 78.2 Å². The highest BCUT2D eigenvalue weighted by Gasteiger charge is 2.24. The van der Waals surface area contributed by atoms with Crippen molar-refractivity contribution in [2.45, 2.75) is 26.2 Å². The summed E-state index contributed by atoms with van der Waals surface area (Å²) in [5.41, 5.74) is 5.91. The molecule has 27 heavy (non-hydrogen) atoms. The first-order valence-corrected chi connectivity index (χ1v) is 9.04. The number of rotatable bonds is 3. The van der Waals surface area contributed by atoms with Crippen molar-refractivity contribution in [3.63, 3.8) is 0 Å². The zero-order valence-electron chi connectivity index (χ0n) is 15.8. The Morgan fingerprint density at radius 1 is 0.852 bits per heavy atom. The average Bonchev–Trinajstić information content (AvgIpc) is 3.19. The third-order valence-corrected chi connectivity index (χ3v) is 4.54. The van der Waals surface area contributed by atoms with Gasteiger partial charge in [0, 0.05) is 22.7 Å². The number of benzene rings is 2. The Balaban J connectivity index is 1.56. The molecule has 3 aromatic rings. The molecule has 0 saturated heterocycles. The van der Waals surface area contributed by atoms with Gasteiger partial charge in [0.25, 0.3) is 0 Å². The standard InChI is InChI=1S/C22H22N5/c1-22(2,3)21-14-23-19(13-24-21)17-10-7-11-18(12-17)27-15-20(25-26-27)16-8-5-4-6-9-16/h4-14H,15H2,1-3H3/q+1. The van der Waals surface area contributed by atoms with E-state index in [9.17, 15) is 0 Å². The minimum absolute atomic E-state index is 0.00696. The highest BCUT2D eigenvalue weighted by Crippen LogP contribution is 2.26. The Hall–Kier alpha value is -3.21. The van der Waals surface area contributed by atoms with Crippen molar-refractivity contribution in [3.8, 4) is 11.3 Å². The SMILES string of the molecule is CC(C)(C)c1cnc(-c2cccc([N+]3=NN=C(c4ccccc4)C3)c2)cn1. The van der Waals surface area contributed by atoms with Crippen molar-refractivity contribution < 1.29 is 4.70 Å². The maximum Gasteiger partial charge on any atom is 0.231 e. The van der Waals surface area contributed by atoms with E-state index in [1.165, 1.54) is 0 Å². The third-order valence-electron chi connectivity index (χ3n) is 4.54. The minimum atomic E-state index is -0.00696. The Labute approximate surface area is 159 Å². The molecule has 1 aromatic heterocycles. The number of hydrogen-bond acceptors (Lipinski definition) is 4. The second kappa shape index (κ2) is 6.83. The normalized spacial score (nSPS) is 14.0. The zero-order chi connectivity index (χ0) is 18.9. The van der Waals surface area contributed by atoms with E-state index in [-0.39, 0.29) is 5.41 Å². The van der Waals surface area contributed by atoms with E-state index in [1.807, 2.05) is 53.5 Å². The van der Waals surface area contributed by atoms with Gasteiger partial charge in [0.05, 0.1) is 22.7 Å². The molecular formula is C22H22N5+. The van der Waals surface area contributed by atoms with Crippen molar-refractivity contribution in [1.82, 2.24) is 9.97 Å². The monoisotopic (exact) mass is 356 g/mol. The first-order valence-electron chi connectivity index (χ1n) is 9.04. The van der Waals surface area contributed by atoms with Crippen LogP contribution in [-0.4, -0.2) is 26.9 Å². The van der Waals surface area contributed by atoms with E-state index in [2.05, 4.69) is 59.3 Å². The van der Waals surface area contributed by atoms with Crippen LogP contribution in [0.4, 0.5) is 5.69 Å². The van der Waals surface area contributed by atoms with Gasteiger partial charge in [0.1, 0.15) is 5.22 Å². The van der Waals surface area contributed by atoms with Gasteiger partial charge in [0.2, 0.25) is 5.71 Å². The van der Waals surface area contributed by atoms with Gasteiger partial charge in [-0.3, -0.25) is 9.97 Å². The largest absolute Gasteiger partial charge is 0.257 e. The quantitative estimate of drug-likeness (QED) is 0.623. The fourth-order valence-corrected chi connectivity index (χ4v) is 2.93. The molecule has 5 heteroatoms. The fourth-order valence-electron chi connectivity index (χ4n) is 2.93. The van der Waals surface area contributed by atoms with Crippen LogP contribution in [0.3, 0.4) is 0 Å². The molecule has 5 nitrogen and oxygen atoms in total. The van der Waals surface area contributed by atoms with E-state index >= 15 is 0 Å². The van der Waals surface area contributed by atoms with Crippen LogP contribution in [0.25, 0.3) is 11.3 Å². The lowest BCUT2D eigenvalue weighted by molar-refractivity contribution is -0.492. The molecule has 0 saturated carbocycles. The maximum atomic E-state index is 4.61. The van der Waals surface area contributed by atoms with E-state index < -0.39 is 0 Å². The van der Waals surface area contributed by atoms with E-state index in [0.717, 1.165) is 33.9 Å². The van der Waals surface area contributed by atoms with Gasteiger partial charge < -0.3 is 0 Å². The number of hydrogen-bond donors (Lipinski definition) is 0. The van der Waals surface area contributed by atoms with Gasteiger partial charge in [-0.15, -0.1) is 4.70 Å². The minimum Gasteiger partial charge on any atom is -0.257 e. The summed E-state index contributed by atoms with van der Waals surface area (Å²) in [6.07, 6.45) is 3.70. The van der Waals surface area contributed by atoms with E-state index in [0.29, 0.717) is 6.54 Å². The molecule has 0 aliphatic carbocycles. The summed E-state index contributed by atoms with van der Waals surface area (Å²) in [6.45, 7) is 7.06. The first-order chi connectivity index (χ1) is 13.0. The van der Waals surface area contributed by atoms with Crippen molar-refractivity contribution in [1.29, 1.82) is 0 Å². The predicted molar refractivity (Wildman–Crippen MR) is 106 cm³/mol. The van der Waals surface area contributed by atoms with E-state index in [4.69, 9.17) is 0 Å². The van der Waals surface area contributed by atoms with Gasteiger partial charge in [-0.2, -0.15) is 0 Å². The van der Waals surface area contributed by atoms with Crippen LogP contribution in [0.5, 0.6) is 0 Å². The Kier molecular flexibility index (Phi) is 4.36. The van der Waals surface area contributed by atoms with Crippen LogP contribution in [0.1, 0.15) is 32.0 Å². The van der Waals surface area contributed by atoms with Crippen LogP contribution in [0, 0.1) is 0 Å². The molecule has 0 bridgehead atoms. The van der Waals surface area contributed by atoms with Gasteiger partial charge >= 0.3 is 0 Å². The Bertz CT molecular complexity index is 1010. The van der Waals surface area contributed by atoms with Crippen molar-refractivity contribution >= 4 is 11.4 Å². The smallest absolute Gasteiger partial charge is 0.231 e. The second-order valence-corrected chi connectivity index (χ2v) is 7.65. The molecule has 0 spiro atoms. The maximum absolute atomic E-state index is 4.61. The molecular weight excluding hydrogens is 334 g/mol. The van der Waals surface area contributed by atoms with Gasteiger partial charge in [0.15, 0.2) is 12.2 Å². The number of aromatic nitrogens is 2. The summed E-state index contributed by atoms with van der Waals surface area (Å²) >= 11 is 0. The van der Waals surface area contributed by atoms with Crippen LogP contribution in [0.15, 0.2) is 77.3 Å². The molecule has 0 radical (unpaired) electrons. The predicted octanol–water partition coefficient (Wildman–Crippen LogP) is 4.96.